The van der Waals surface area contributed by atoms with Crippen LogP contribution in [0.4, 0.5) is 0 Å². The molecule has 28 heteroatoms. The van der Waals surface area contributed by atoms with E-state index in [9.17, 15) is 23.1 Å². The summed E-state index contributed by atoms with van der Waals surface area (Å²) in [6.07, 6.45) is 20.3. The summed E-state index contributed by atoms with van der Waals surface area (Å²) in [5, 5.41) is 32.7. The Morgan fingerprint density at radius 1 is 0.587 bits per heavy atom. The summed E-state index contributed by atoms with van der Waals surface area (Å²) in [5.41, 5.74) is 9.45. The van der Waals surface area contributed by atoms with Gasteiger partial charge in [-0.15, -0.1) is 24.2 Å². The van der Waals surface area contributed by atoms with E-state index in [0.717, 1.165) is 106 Å². The predicted molar refractivity (Wildman–Crippen MR) is 377 cm³/mol. The topological polar surface area (TPSA) is 255 Å². The summed E-state index contributed by atoms with van der Waals surface area (Å²) >= 11 is 17.0. The van der Waals surface area contributed by atoms with E-state index in [4.69, 9.17) is 51.1 Å². The number of alkyl halides is 1. The van der Waals surface area contributed by atoms with Gasteiger partial charge in [0.15, 0.2) is 12.6 Å². The van der Waals surface area contributed by atoms with E-state index in [1.807, 2.05) is 85.3 Å². The number of hydrogen-bond acceptors (Lipinski definition) is 19. The number of phenols is 1. The Balaban J connectivity index is 0.000000596. The van der Waals surface area contributed by atoms with Gasteiger partial charge in [-0.1, -0.05) is 23.4 Å². The number of fused-ring (bicyclic) bond motifs is 6. The molecular weight excluding hydrogens is 1600 g/mol. The van der Waals surface area contributed by atoms with Gasteiger partial charge in [0, 0.05) is 91.3 Å². The van der Waals surface area contributed by atoms with E-state index in [1.165, 1.54) is 29.7 Å². The minimum atomic E-state index is -1.06. The van der Waals surface area contributed by atoms with E-state index in [0.29, 0.717) is 47.7 Å². The van der Waals surface area contributed by atoms with Crippen LogP contribution in [0.5, 0.6) is 17.2 Å². The molecule has 17 nitrogen and oxygen atoms in total. The zero-order valence-electron chi connectivity index (χ0n) is 50.8. The maximum absolute atomic E-state index is 12.0. The molecule has 0 aliphatic carbocycles. The summed E-state index contributed by atoms with van der Waals surface area (Å²) in [6.45, 7) is 2.48. The number of thioether (sulfide) groups is 2. The van der Waals surface area contributed by atoms with Gasteiger partial charge in [-0.25, -0.2) is 0 Å². The van der Waals surface area contributed by atoms with Crippen molar-refractivity contribution in [1.29, 1.82) is 0 Å². The van der Waals surface area contributed by atoms with Crippen molar-refractivity contribution in [2.45, 2.75) is 32.9 Å². The molecule has 0 amide bonds. The van der Waals surface area contributed by atoms with E-state index in [1.54, 1.807) is 86.8 Å². The van der Waals surface area contributed by atoms with Crippen molar-refractivity contribution in [2.75, 3.05) is 36.7 Å². The third kappa shape index (κ3) is 25.4. The molecule has 0 aliphatic rings. The van der Waals surface area contributed by atoms with Crippen LogP contribution in [-0.4, -0.2) is 74.4 Å². The average molecular weight is 1660 g/mol. The molecule has 6 heterocycles. The molecule has 2 unspecified atom stereocenters. The summed E-state index contributed by atoms with van der Waals surface area (Å²) < 4.78 is 69.7. The number of aliphatic hydroxyl groups is 1. The molecule has 2 atom stereocenters. The smallest absolute Gasteiger partial charge is 1.00 e. The maximum atomic E-state index is 12.0. The van der Waals surface area contributed by atoms with Crippen molar-refractivity contribution >= 4 is 212 Å². The van der Waals surface area contributed by atoms with Crippen LogP contribution in [0, 0.1) is 0 Å². The Morgan fingerprint density at radius 2 is 0.946 bits per heavy atom. The fraction of sp³-hybridized carbons (Fsp3) is 0.172. The molecular formula is C64H61Br4ClK2O17S4. The number of halogens is 5. The van der Waals surface area contributed by atoms with Crippen LogP contribution < -0.4 is 118 Å². The largest absolute Gasteiger partial charge is 1.00 e. The van der Waals surface area contributed by atoms with Gasteiger partial charge in [0.2, 0.25) is 0 Å². The Hall–Kier alpha value is -3.09. The SMILES string of the molecule is BrCc1cc(Br)c2occc2c1.C.CCO.CS/C(=C\c1cc2ccoc2cc1OCc1cc(Br)c2occc2c1)S(C)=O.CSCS(C)=O.Cl.O=CO[O-].O=Cc1cc2ccoc2cc1O.O=Cc1cc2ccoc2cc1OCc1cc(Br)c2occc2c1.[H-].[K+].[K+]. The van der Waals surface area contributed by atoms with Gasteiger partial charge in [0.05, 0.1) is 82.2 Å². The number of carbonyl (C=O) groups excluding carboxylic acids is 3. The molecule has 6 aromatic carbocycles. The van der Waals surface area contributed by atoms with E-state index < -0.39 is 21.6 Å². The predicted octanol–water partition coefficient (Wildman–Crippen LogP) is 12.2. The minimum absolute atomic E-state index is 0. The standard InChI is InChI=1S/C21H17BrO4S2.C18H11BrO4.C9H6Br2O.C9H6O3.C3H8OS2.C2H6O.CH2O3.CH4.ClH.2K.H/c1-27-20(28(2)23)10-16-9-14-3-5-24-18(14)11-19(16)26-12-13-7-15-4-6-25-21(15)17(22)8-13;19-15-6-11(5-13-2-4-22-18(13)15)10-23-17-8-16-12(1-3-21-16)7-14(17)9-20;10-5-6-3-7-1-2-12-9(7)8(11)4-6;10-5-7-3-6-1-2-12-9(6)4-8(7)11;1-5-3-6(2)4;1-2-3;2-1-4-3;;;;;/h3-11H,12H2,1-2H3;1-9H,10H2;1-4H,5H2;1-5,11H;3H2,1-2H3;3H,2H2,1H3;1,3H;1H4;1H;;;/q;;;;;;;;;2*+1;-1/p-1/b20-10+;;;;;;;;;;;. The first-order valence-corrected chi connectivity index (χ1v) is 35.0. The fourth-order valence-corrected chi connectivity index (χ4v) is 13.0. The fourth-order valence-electron chi connectivity index (χ4n) is 7.99. The van der Waals surface area contributed by atoms with Gasteiger partial charge in [-0.2, -0.15) is 11.8 Å². The van der Waals surface area contributed by atoms with Crippen LogP contribution >= 0.6 is 99.7 Å². The number of phenolic OH excluding ortho intramolecular Hbond substituents is 1. The van der Waals surface area contributed by atoms with Gasteiger partial charge in [-0.3, -0.25) is 22.8 Å². The molecule has 92 heavy (non-hydrogen) atoms. The van der Waals surface area contributed by atoms with Crippen molar-refractivity contribution in [3.63, 3.8) is 0 Å². The molecule has 0 radical (unpaired) electrons. The number of carbonyl (C=O) groups is 3. The second-order valence-corrected chi connectivity index (χ2v) is 26.1. The second-order valence-electron chi connectivity index (χ2n) is 17.9. The number of furan rings is 6. The van der Waals surface area contributed by atoms with Crippen molar-refractivity contribution in [2.24, 2.45) is 0 Å². The Morgan fingerprint density at radius 3 is 1.30 bits per heavy atom. The number of ether oxygens (including phenoxy) is 2. The van der Waals surface area contributed by atoms with Gasteiger partial charge < -0.3 is 57.8 Å². The van der Waals surface area contributed by atoms with Gasteiger partial charge in [0.25, 0.3) is 6.47 Å². The number of benzene rings is 6. The minimum Gasteiger partial charge on any atom is -1.00 e. The molecule has 480 valence electrons. The third-order valence-electron chi connectivity index (χ3n) is 11.7. The molecule has 0 aliphatic heterocycles. The maximum Gasteiger partial charge on any atom is 1.00 e. The van der Waals surface area contributed by atoms with Crippen molar-refractivity contribution in [1.82, 2.24) is 0 Å². The number of rotatable bonds is 15. The van der Waals surface area contributed by atoms with Crippen molar-refractivity contribution in [3.05, 3.63) is 198 Å². The van der Waals surface area contributed by atoms with Gasteiger partial charge in [-0.05, 0) is 181 Å². The number of aliphatic hydroxyl groups excluding tert-OH is 1. The molecule has 0 fully saturated rings. The normalized spacial score (nSPS) is 11.0. The first-order valence-electron chi connectivity index (χ1n) is 25.6. The molecule has 12 aromatic rings. The third-order valence-corrected chi connectivity index (χ3v) is 18.8. The van der Waals surface area contributed by atoms with Gasteiger partial charge >= 0.3 is 103 Å². The molecule has 0 bridgehead atoms. The van der Waals surface area contributed by atoms with E-state index >= 15 is 0 Å². The Kier molecular flexibility index (Phi) is 41.3. The second kappa shape index (κ2) is 44.7. The van der Waals surface area contributed by atoms with Crippen molar-refractivity contribution in [3.8, 4) is 17.2 Å². The number of aromatic hydroxyl groups is 1. The zero-order chi connectivity index (χ0) is 63.7. The molecule has 0 saturated carbocycles. The first-order chi connectivity index (χ1) is 42.5. The molecule has 12 rings (SSSR count). The Labute approximate surface area is 670 Å². The summed E-state index contributed by atoms with van der Waals surface area (Å²) in [5.74, 6) is 1.14. The number of aldehydes is 2. The number of hydrogen-bond donors (Lipinski definition) is 2. The average Bonchev–Trinajstić information content (AvgIpc) is 2.56. The van der Waals surface area contributed by atoms with Crippen LogP contribution in [0.1, 0.15) is 58.7 Å². The zero-order valence-corrected chi connectivity index (χ0v) is 66.4. The molecule has 2 N–H and O–H groups in total. The van der Waals surface area contributed by atoms with Crippen LogP contribution in [0.2, 0.25) is 0 Å². The monoisotopic (exact) mass is 1660 g/mol. The molecule has 6 aromatic heterocycles. The van der Waals surface area contributed by atoms with Crippen molar-refractivity contribution < 1.29 is 183 Å². The van der Waals surface area contributed by atoms with E-state index in [2.05, 4.69) is 80.7 Å². The van der Waals surface area contributed by atoms with Gasteiger partial charge in [0.1, 0.15) is 64.0 Å². The summed E-state index contributed by atoms with van der Waals surface area (Å²) in [6, 6.07) is 33.8. The molecule has 0 saturated heterocycles. The van der Waals surface area contributed by atoms with Crippen LogP contribution in [0.15, 0.2) is 191 Å². The molecule has 0 spiro atoms. The Bertz CT molecular complexity index is 4340. The van der Waals surface area contributed by atoms with Crippen LogP contribution in [0.25, 0.3) is 71.9 Å². The van der Waals surface area contributed by atoms with E-state index in [-0.39, 0.29) is 148 Å². The summed E-state index contributed by atoms with van der Waals surface area (Å²) in [4.78, 5) is 32.9. The quantitative estimate of drug-likeness (QED) is 0.0318. The van der Waals surface area contributed by atoms with Crippen LogP contribution in [-0.2, 0) is 49.8 Å². The van der Waals surface area contributed by atoms with Crippen LogP contribution in [0.3, 0.4) is 0 Å². The summed E-state index contributed by atoms with van der Waals surface area (Å²) in [7, 11) is -1.66. The first kappa shape index (κ1) is 85.0.